The Morgan fingerprint density at radius 1 is 1.43 bits per heavy atom. The molecule has 0 radical (unpaired) electrons. The van der Waals surface area contributed by atoms with E-state index in [9.17, 15) is 10.1 Å². The molecular formula is C22H24N2O3S. The molecule has 6 heteroatoms. The van der Waals surface area contributed by atoms with Crippen molar-refractivity contribution in [3.63, 3.8) is 0 Å². The van der Waals surface area contributed by atoms with Crippen LogP contribution in [0, 0.1) is 22.7 Å². The zero-order valence-corrected chi connectivity index (χ0v) is 17.2. The fraction of sp³-hybridized carbons (Fsp3) is 0.409. The highest BCUT2D eigenvalue weighted by Crippen LogP contribution is 2.44. The van der Waals surface area contributed by atoms with Crippen LogP contribution in [-0.4, -0.2) is 23.9 Å². The van der Waals surface area contributed by atoms with Crippen LogP contribution in [0.2, 0.25) is 0 Å². The number of nitrogens with zero attached hydrogens (tertiary/aromatic N) is 2. The monoisotopic (exact) mass is 396 g/mol. The van der Waals surface area contributed by atoms with Crippen LogP contribution in [0.15, 0.2) is 29.3 Å². The maximum Gasteiger partial charge on any atom is 0.341 e. The van der Waals surface area contributed by atoms with Gasteiger partial charge in [0.25, 0.3) is 0 Å². The highest BCUT2D eigenvalue weighted by Gasteiger charge is 2.32. The smallest absolute Gasteiger partial charge is 0.341 e. The predicted molar refractivity (Wildman–Crippen MR) is 111 cm³/mol. The predicted octanol–water partition coefficient (Wildman–Crippen LogP) is 4.98. The van der Waals surface area contributed by atoms with Gasteiger partial charge in [0, 0.05) is 16.7 Å². The van der Waals surface area contributed by atoms with Crippen molar-refractivity contribution in [2.45, 2.75) is 40.0 Å². The normalized spacial score (nSPS) is 16.6. The summed E-state index contributed by atoms with van der Waals surface area (Å²) >= 11 is 1.59. The summed E-state index contributed by atoms with van der Waals surface area (Å²) in [5.41, 5.74) is 2.76. The molecule has 28 heavy (non-hydrogen) atoms. The third-order valence-electron chi connectivity index (χ3n) is 5.17. The molecule has 1 aromatic heterocycles. The van der Waals surface area contributed by atoms with Gasteiger partial charge >= 0.3 is 5.97 Å². The first-order valence-corrected chi connectivity index (χ1v) is 10.1. The molecule has 1 atom stereocenters. The summed E-state index contributed by atoms with van der Waals surface area (Å²) in [5, 5.41) is 19.2. The van der Waals surface area contributed by atoms with Crippen molar-refractivity contribution in [1.29, 1.82) is 5.26 Å². The Bertz CT molecular complexity index is 948. The van der Waals surface area contributed by atoms with Gasteiger partial charge in [-0.15, -0.1) is 11.3 Å². The molecular weight excluding hydrogens is 372 g/mol. The molecule has 1 aliphatic carbocycles. The second-order valence-corrected chi connectivity index (χ2v) is 9.16. The lowest BCUT2D eigenvalue weighted by molar-refractivity contribution is -0.139. The second kappa shape index (κ2) is 8.15. The SMILES string of the molecule is CC(C)(C)[C@@H]1CCc2c(sc(N=Cc3ccccc3OCC(=O)O)c2C#N)C1. The lowest BCUT2D eigenvalue weighted by Crippen LogP contribution is -2.26. The molecule has 3 rings (SSSR count). The molecule has 0 spiro atoms. The van der Waals surface area contributed by atoms with E-state index in [1.54, 1.807) is 29.7 Å². The van der Waals surface area contributed by atoms with Crippen molar-refractivity contribution in [2.75, 3.05) is 6.61 Å². The summed E-state index contributed by atoms with van der Waals surface area (Å²) in [7, 11) is 0. The molecule has 1 aromatic carbocycles. The number of hydrogen-bond acceptors (Lipinski definition) is 5. The van der Waals surface area contributed by atoms with Crippen LogP contribution in [-0.2, 0) is 17.6 Å². The third kappa shape index (κ3) is 4.42. The number of nitriles is 1. The van der Waals surface area contributed by atoms with E-state index >= 15 is 0 Å². The van der Waals surface area contributed by atoms with Gasteiger partial charge < -0.3 is 9.84 Å². The lowest BCUT2D eigenvalue weighted by Gasteiger charge is -2.33. The molecule has 0 amide bonds. The zero-order chi connectivity index (χ0) is 20.3. The van der Waals surface area contributed by atoms with Gasteiger partial charge in [0.05, 0.1) is 5.56 Å². The van der Waals surface area contributed by atoms with Crippen molar-refractivity contribution < 1.29 is 14.6 Å². The van der Waals surface area contributed by atoms with Gasteiger partial charge in [-0.2, -0.15) is 5.26 Å². The minimum atomic E-state index is -1.03. The number of thiophene rings is 1. The van der Waals surface area contributed by atoms with Crippen molar-refractivity contribution >= 4 is 28.5 Å². The van der Waals surface area contributed by atoms with E-state index in [-0.39, 0.29) is 5.41 Å². The topological polar surface area (TPSA) is 82.7 Å². The number of carbonyl (C=O) groups is 1. The summed E-state index contributed by atoms with van der Waals surface area (Å²) in [6.45, 7) is 6.41. The molecule has 2 aromatic rings. The summed E-state index contributed by atoms with van der Waals surface area (Å²) in [5.74, 6) is 0.0336. The van der Waals surface area contributed by atoms with E-state index in [1.165, 1.54) is 4.88 Å². The molecule has 5 nitrogen and oxygen atoms in total. The summed E-state index contributed by atoms with van der Waals surface area (Å²) in [4.78, 5) is 16.6. The standard InChI is InChI=1S/C22H24N2O3S/c1-22(2,3)15-8-9-16-17(11-23)21(28-19(16)10-15)24-12-14-6-4-5-7-18(14)27-13-20(25)26/h4-7,12,15H,8-10,13H2,1-3H3,(H,25,26)/t15-/m1/s1. The van der Waals surface area contributed by atoms with Crippen molar-refractivity contribution in [3.05, 3.63) is 45.8 Å². The Balaban J connectivity index is 1.87. The van der Waals surface area contributed by atoms with E-state index in [0.717, 1.165) is 29.8 Å². The van der Waals surface area contributed by atoms with E-state index in [1.807, 2.05) is 12.1 Å². The Kier molecular flexibility index (Phi) is 5.85. The number of ether oxygens (including phenoxy) is 1. The van der Waals surface area contributed by atoms with E-state index in [4.69, 9.17) is 9.84 Å². The Labute approximate surface area is 169 Å². The van der Waals surface area contributed by atoms with Gasteiger partial charge in [-0.25, -0.2) is 9.79 Å². The molecule has 0 saturated carbocycles. The largest absolute Gasteiger partial charge is 0.481 e. The van der Waals surface area contributed by atoms with E-state index < -0.39 is 12.6 Å². The fourth-order valence-electron chi connectivity index (χ4n) is 3.50. The Hall–Kier alpha value is -2.65. The number of fused-ring (bicyclic) bond motifs is 1. The molecule has 1 N–H and O–H groups in total. The molecule has 1 aliphatic rings. The first-order valence-electron chi connectivity index (χ1n) is 9.32. The third-order valence-corrected chi connectivity index (χ3v) is 6.34. The van der Waals surface area contributed by atoms with E-state index in [2.05, 4.69) is 31.8 Å². The maximum atomic E-state index is 10.8. The number of aliphatic imine (C=N–C) groups is 1. The zero-order valence-electron chi connectivity index (χ0n) is 16.4. The maximum absolute atomic E-state index is 10.8. The Morgan fingerprint density at radius 2 is 2.18 bits per heavy atom. The van der Waals surface area contributed by atoms with Gasteiger partial charge in [0.15, 0.2) is 6.61 Å². The molecule has 0 bridgehead atoms. The van der Waals surface area contributed by atoms with Crippen LogP contribution in [0.4, 0.5) is 5.00 Å². The number of carboxylic acid groups (broad SMARTS) is 1. The molecule has 0 aliphatic heterocycles. The molecule has 146 valence electrons. The highest BCUT2D eigenvalue weighted by molar-refractivity contribution is 7.16. The van der Waals surface area contributed by atoms with Crippen molar-refractivity contribution in [1.82, 2.24) is 0 Å². The minimum Gasteiger partial charge on any atom is -0.481 e. The van der Waals surface area contributed by atoms with Crippen LogP contribution >= 0.6 is 11.3 Å². The van der Waals surface area contributed by atoms with Gasteiger partial charge in [-0.05, 0) is 48.3 Å². The van der Waals surface area contributed by atoms with Crippen molar-refractivity contribution in [3.8, 4) is 11.8 Å². The summed E-state index contributed by atoms with van der Waals surface area (Å²) < 4.78 is 5.32. The first kappa shape index (κ1) is 20.1. The number of rotatable bonds is 5. The molecule has 1 heterocycles. The fourth-order valence-corrected chi connectivity index (χ4v) is 4.72. The molecule has 0 unspecified atom stereocenters. The number of hydrogen-bond donors (Lipinski definition) is 1. The summed E-state index contributed by atoms with van der Waals surface area (Å²) in [6.07, 6.45) is 4.66. The number of para-hydroxylation sites is 1. The average Bonchev–Trinajstić information content (AvgIpc) is 3.01. The van der Waals surface area contributed by atoms with Crippen LogP contribution in [0.25, 0.3) is 0 Å². The Morgan fingerprint density at radius 3 is 2.86 bits per heavy atom. The van der Waals surface area contributed by atoms with Crippen LogP contribution in [0.1, 0.15) is 48.8 Å². The quantitative estimate of drug-likeness (QED) is 0.722. The summed E-state index contributed by atoms with van der Waals surface area (Å²) in [6, 6.07) is 9.49. The lowest BCUT2D eigenvalue weighted by atomic mass is 9.72. The number of carboxylic acids is 1. The van der Waals surface area contributed by atoms with Gasteiger partial charge in [0.1, 0.15) is 16.8 Å². The first-order chi connectivity index (χ1) is 13.3. The highest BCUT2D eigenvalue weighted by atomic mass is 32.1. The molecule has 0 fully saturated rings. The second-order valence-electron chi connectivity index (χ2n) is 8.08. The van der Waals surface area contributed by atoms with Crippen LogP contribution in [0.5, 0.6) is 5.75 Å². The average molecular weight is 397 g/mol. The van der Waals surface area contributed by atoms with Gasteiger partial charge in [-0.1, -0.05) is 32.9 Å². The number of benzene rings is 1. The van der Waals surface area contributed by atoms with Crippen LogP contribution in [0.3, 0.4) is 0 Å². The minimum absolute atomic E-state index is 0.248. The van der Waals surface area contributed by atoms with E-state index in [0.29, 0.717) is 22.8 Å². The van der Waals surface area contributed by atoms with Crippen LogP contribution < -0.4 is 4.74 Å². The molecule has 0 saturated heterocycles. The number of aliphatic carboxylic acids is 1. The van der Waals surface area contributed by atoms with Gasteiger partial charge in [-0.3, -0.25) is 0 Å². The van der Waals surface area contributed by atoms with Crippen molar-refractivity contribution in [2.24, 2.45) is 16.3 Å². The van der Waals surface area contributed by atoms with Gasteiger partial charge in [0.2, 0.25) is 0 Å².